The van der Waals surface area contributed by atoms with Crippen LogP contribution in [0, 0.1) is 17.0 Å². The lowest BCUT2D eigenvalue weighted by molar-refractivity contribution is -0.383. The van der Waals surface area contributed by atoms with Gasteiger partial charge in [0.15, 0.2) is 5.82 Å². The minimum Gasteiger partial charge on any atom is -0.494 e. The zero-order valence-corrected chi connectivity index (χ0v) is 15.5. The van der Waals surface area contributed by atoms with E-state index in [1.165, 1.54) is 6.33 Å². The summed E-state index contributed by atoms with van der Waals surface area (Å²) in [5.74, 6) is 1.69. The molecule has 28 heavy (non-hydrogen) atoms. The molecule has 3 rings (SSSR count). The smallest absolute Gasteiger partial charge is 0.353 e. The molecule has 0 atom stereocenters. The fourth-order valence-electron chi connectivity index (χ4n) is 2.39. The van der Waals surface area contributed by atoms with Crippen molar-refractivity contribution >= 4 is 28.8 Å². The molecule has 146 valence electrons. The Morgan fingerprint density at radius 2 is 1.89 bits per heavy atom. The second-order valence-electron chi connectivity index (χ2n) is 5.98. The molecule has 0 saturated heterocycles. The van der Waals surface area contributed by atoms with Crippen LogP contribution in [-0.2, 0) is 0 Å². The molecule has 0 aliphatic heterocycles. The lowest BCUT2D eigenvalue weighted by Crippen LogP contribution is -2.05. The average Bonchev–Trinajstić information content (AvgIpc) is 3.08. The molecule has 2 N–H and O–H groups in total. The molecule has 0 aliphatic rings. The van der Waals surface area contributed by atoms with Gasteiger partial charge in [0, 0.05) is 11.8 Å². The normalized spacial score (nSPS) is 10.5. The third-order valence-electron chi connectivity index (χ3n) is 3.76. The van der Waals surface area contributed by atoms with E-state index in [-0.39, 0.29) is 17.3 Å². The van der Waals surface area contributed by atoms with Crippen molar-refractivity contribution in [2.45, 2.75) is 26.7 Å². The molecule has 1 aromatic carbocycles. The molecule has 0 aliphatic carbocycles. The van der Waals surface area contributed by atoms with Gasteiger partial charge < -0.3 is 19.9 Å². The minimum absolute atomic E-state index is 0.00955. The van der Waals surface area contributed by atoms with E-state index in [1.807, 2.05) is 0 Å². The molecule has 0 bridgehead atoms. The summed E-state index contributed by atoms with van der Waals surface area (Å²) >= 11 is 0. The molecule has 0 spiro atoms. The van der Waals surface area contributed by atoms with Gasteiger partial charge in [-0.3, -0.25) is 10.1 Å². The monoisotopic (exact) mass is 384 g/mol. The van der Waals surface area contributed by atoms with E-state index >= 15 is 0 Å². The van der Waals surface area contributed by atoms with E-state index in [0.29, 0.717) is 23.9 Å². The van der Waals surface area contributed by atoms with Crippen molar-refractivity contribution in [3.63, 3.8) is 0 Å². The first-order valence-electron chi connectivity index (χ1n) is 8.76. The van der Waals surface area contributed by atoms with Gasteiger partial charge in [-0.2, -0.15) is 0 Å². The summed E-state index contributed by atoms with van der Waals surface area (Å²) in [5.41, 5.74) is 0.333. The highest BCUT2D eigenvalue weighted by Crippen LogP contribution is 2.33. The fraction of sp³-hybridized carbons (Fsp3) is 0.278. The number of anilines is 4. The minimum atomic E-state index is -0.556. The van der Waals surface area contributed by atoms with Crippen LogP contribution in [0.4, 0.5) is 28.8 Å². The predicted octanol–water partition coefficient (Wildman–Crippen LogP) is 4.35. The van der Waals surface area contributed by atoms with Crippen molar-refractivity contribution < 1.29 is 14.2 Å². The average molecular weight is 384 g/mol. The Morgan fingerprint density at radius 3 is 2.50 bits per heavy atom. The van der Waals surface area contributed by atoms with Crippen LogP contribution in [0.3, 0.4) is 0 Å². The highest BCUT2D eigenvalue weighted by atomic mass is 16.6. The summed E-state index contributed by atoms with van der Waals surface area (Å²) in [6.07, 6.45) is 3.27. The third kappa shape index (κ3) is 4.72. The van der Waals surface area contributed by atoms with Crippen molar-refractivity contribution in [3.05, 3.63) is 52.5 Å². The second kappa shape index (κ2) is 8.80. The summed E-state index contributed by atoms with van der Waals surface area (Å²) in [7, 11) is 0. The van der Waals surface area contributed by atoms with Gasteiger partial charge in [-0.05, 0) is 37.6 Å². The molecule has 0 radical (unpaired) electrons. The van der Waals surface area contributed by atoms with Gasteiger partial charge in [0.25, 0.3) is 0 Å². The van der Waals surface area contributed by atoms with Crippen LogP contribution in [-0.4, -0.2) is 26.7 Å². The van der Waals surface area contributed by atoms with E-state index in [0.717, 1.165) is 18.6 Å². The van der Waals surface area contributed by atoms with Gasteiger partial charge >= 0.3 is 5.69 Å². The SMILES string of the molecule is CCCCOc1ccc(Nc2ncnc(Nc3cc(C)on3)c2[N+](=O)[O-])cc1. The van der Waals surface area contributed by atoms with Crippen LogP contribution in [0.25, 0.3) is 0 Å². The zero-order chi connectivity index (χ0) is 19.9. The quantitative estimate of drug-likeness (QED) is 0.314. The summed E-state index contributed by atoms with van der Waals surface area (Å²) in [5, 5.41) is 21.1. The van der Waals surface area contributed by atoms with Gasteiger partial charge in [-0.25, -0.2) is 9.97 Å². The molecule has 3 aromatic rings. The molecule has 0 unspecified atom stereocenters. The van der Waals surface area contributed by atoms with Crippen LogP contribution < -0.4 is 15.4 Å². The van der Waals surface area contributed by atoms with Gasteiger partial charge in [0.1, 0.15) is 17.8 Å². The Labute approximate surface area is 161 Å². The topological polar surface area (TPSA) is 128 Å². The maximum absolute atomic E-state index is 11.6. The lowest BCUT2D eigenvalue weighted by atomic mass is 10.3. The Kier molecular flexibility index (Phi) is 6.00. The number of aryl methyl sites for hydroxylation is 1. The molecule has 0 amide bonds. The highest BCUT2D eigenvalue weighted by molar-refractivity contribution is 5.76. The van der Waals surface area contributed by atoms with Gasteiger partial charge in [0.05, 0.1) is 11.5 Å². The largest absolute Gasteiger partial charge is 0.494 e. The van der Waals surface area contributed by atoms with Crippen LogP contribution in [0.2, 0.25) is 0 Å². The number of hydrogen-bond donors (Lipinski definition) is 2. The van der Waals surface area contributed by atoms with Crippen molar-refractivity contribution in [1.29, 1.82) is 0 Å². The van der Waals surface area contributed by atoms with E-state index in [4.69, 9.17) is 9.26 Å². The van der Waals surface area contributed by atoms with Crippen LogP contribution >= 0.6 is 0 Å². The first kappa shape index (κ1) is 19.1. The number of nitro groups is 1. The van der Waals surface area contributed by atoms with E-state index in [1.54, 1.807) is 37.3 Å². The summed E-state index contributed by atoms with van der Waals surface area (Å²) in [4.78, 5) is 19.0. The molecular formula is C18H20N6O4. The Bertz CT molecular complexity index is 942. The van der Waals surface area contributed by atoms with Crippen molar-refractivity contribution in [1.82, 2.24) is 15.1 Å². The van der Waals surface area contributed by atoms with Gasteiger partial charge in [0.2, 0.25) is 11.6 Å². The summed E-state index contributed by atoms with van der Waals surface area (Å²) in [6.45, 7) is 4.46. The number of ether oxygens (including phenoxy) is 1. The number of aromatic nitrogens is 3. The van der Waals surface area contributed by atoms with E-state index < -0.39 is 4.92 Å². The van der Waals surface area contributed by atoms with Crippen molar-refractivity contribution in [2.24, 2.45) is 0 Å². The van der Waals surface area contributed by atoms with E-state index in [2.05, 4.69) is 32.7 Å². The zero-order valence-electron chi connectivity index (χ0n) is 15.5. The van der Waals surface area contributed by atoms with Gasteiger partial charge in [-0.15, -0.1) is 0 Å². The fourth-order valence-corrected chi connectivity index (χ4v) is 2.39. The molecule has 10 nitrogen and oxygen atoms in total. The van der Waals surface area contributed by atoms with Crippen LogP contribution in [0.1, 0.15) is 25.5 Å². The number of nitrogens with zero attached hydrogens (tertiary/aromatic N) is 4. The Morgan fingerprint density at radius 1 is 1.18 bits per heavy atom. The molecule has 2 heterocycles. The Hall–Kier alpha value is -3.69. The second-order valence-corrected chi connectivity index (χ2v) is 5.98. The van der Waals surface area contributed by atoms with E-state index in [9.17, 15) is 10.1 Å². The maximum atomic E-state index is 11.6. The van der Waals surface area contributed by atoms with Crippen molar-refractivity contribution in [3.8, 4) is 5.75 Å². The molecule has 0 fully saturated rings. The Balaban J connectivity index is 1.79. The summed E-state index contributed by atoms with van der Waals surface area (Å²) in [6, 6.07) is 8.73. The molecule has 10 heteroatoms. The number of hydrogen-bond acceptors (Lipinski definition) is 9. The predicted molar refractivity (Wildman–Crippen MR) is 103 cm³/mol. The number of nitrogens with one attached hydrogen (secondary N) is 2. The third-order valence-corrected chi connectivity index (χ3v) is 3.76. The van der Waals surface area contributed by atoms with Crippen LogP contribution in [0.5, 0.6) is 5.75 Å². The molecule has 0 saturated carbocycles. The number of unbranched alkanes of at least 4 members (excludes halogenated alkanes) is 1. The summed E-state index contributed by atoms with van der Waals surface area (Å²) < 4.78 is 10.6. The van der Waals surface area contributed by atoms with Gasteiger partial charge in [-0.1, -0.05) is 18.5 Å². The highest BCUT2D eigenvalue weighted by Gasteiger charge is 2.24. The first-order chi connectivity index (χ1) is 13.6. The lowest BCUT2D eigenvalue weighted by Gasteiger charge is -2.10. The standard InChI is InChI=1S/C18H20N6O4/c1-3-4-9-27-14-7-5-13(6-8-14)21-17-16(24(25)26)18(20-11-19-17)22-15-10-12(2)28-23-15/h5-8,10-11H,3-4,9H2,1-2H3,(H2,19,20,21,22,23). The van der Waals surface area contributed by atoms with Crippen molar-refractivity contribution in [2.75, 3.05) is 17.2 Å². The van der Waals surface area contributed by atoms with Crippen LogP contribution in [0.15, 0.2) is 41.2 Å². The molecular weight excluding hydrogens is 364 g/mol. The maximum Gasteiger partial charge on any atom is 0.353 e. The molecule has 2 aromatic heterocycles. The first-order valence-corrected chi connectivity index (χ1v) is 8.76. The number of benzene rings is 1. The number of rotatable bonds is 9.